The van der Waals surface area contributed by atoms with Crippen LogP contribution in [-0.4, -0.2) is 38.8 Å². The summed E-state index contributed by atoms with van der Waals surface area (Å²) in [5.41, 5.74) is 0.172. The van der Waals surface area contributed by atoms with Gasteiger partial charge in [-0.3, -0.25) is 4.79 Å². The van der Waals surface area contributed by atoms with Gasteiger partial charge in [0, 0.05) is 40.8 Å². The Hall–Kier alpha value is -3.35. The normalized spacial score (nSPS) is 22.9. The number of carbonyl (C=O) groups is 1. The lowest BCUT2D eigenvalue weighted by Gasteiger charge is -2.63. The van der Waals surface area contributed by atoms with Crippen molar-refractivity contribution in [1.29, 1.82) is 0 Å². The first-order valence-electron chi connectivity index (χ1n) is 10.5. The highest BCUT2D eigenvalue weighted by atomic mass is 19.4. The summed E-state index contributed by atoms with van der Waals surface area (Å²) in [6.45, 7) is 7.79. The molecule has 0 bridgehead atoms. The van der Waals surface area contributed by atoms with Crippen LogP contribution in [0.15, 0.2) is 29.4 Å². The number of alkyl halides is 3. The van der Waals surface area contributed by atoms with Crippen molar-refractivity contribution in [3.63, 3.8) is 0 Å². The SMILES string of the molecule is C#Cc1ccc(C(=O)NC2C(C)(C)C(OC3=Nn4c(nnc4C(F)(F)F)CC3)C2(C)C)cc1. The van der Waals surface area contributed by atoms with Gasteiger partial charge in [-0.2, -0.15) is 17.8 Å². The molecule has 1 aromatic carbocycles. The second-order valence-electron chi connectivity index (χ2n) is 9.51. The van der Waals surface area contributed by atoms with Gasteiger partial charge in [0.25, 0.3) is 11.7 Å². The number of aromatic nitrogens is 3. The first-order chi connectivity index (χ1) is 15.4. The third kappa shape index (κ3) is 3.86. The fraction of sp³-hybridized carbons (Fsp3) is 0.478. The Morgan fingerprint density at radius 2 is 1.79 bits per heavy atom. The number of hydrogen-bond acceptors (Lipinski definition) is 5. The predicted octanol–water partition coefficient (Wildman–Crippen LogP) is 3.64. The van der Waals surface area contributed by atoms with Crippen LogP contribution >= 0.6 is 0 Å². The quantitative estimate of drug-likeness (QED) is 0.711. The van der Waals surface area contributed by atoms with Gasteiger partial charge in [-0.1, -0.05) is 33.6 Å². The van der Waals surface area contributed by atoms with E-state index in [0.717, 1.165) is 0 Å². The molecular formula is C23H24F3N5O2. The lowest BCUT2D eigenvalue weighted by molar-refractivity contribution is -0.172. The number of nitrogens with zero attached hydrogens (tertiary/aromatic N) is 4. The van der Waals surface area contributed by atoms with Crippen LogP contribution in [0.25, 0.3) is 0 Å². The molecule has 33 heavy (non-hydrogen) atoms. The van der Waals surface area contributed by atoms with E-state index in [1.165, 1.54) is 0 Å². The molecule has 174 valence electrons. The maximum absolute atomic E-state index is 13.2. The topological polar surface area (TPSA) is 81.4 Å². The Balaban J connectivity index is 1.51. The highest BCUT2D eigenvalue weighted by Crippen LogP contribution is 2.56. The standard InChI is InChI=1S/C23H24F3N5O2/c1-6-13-7-9-14(10-8-13)17(32)27-18-21(2,3)19(22(18,4)5)33-16-12-11-15-28-29-20(23(24,25)26)31(15)30-16/h1,7-10,18-19H,11-12H2,2-5H3,(H,27,32). The summed E-state index contributed by atoms with van der Waals surface area (Å²) in [6.07, 6.45) is 0.867. The number of rotatable bonds is 3. The lowest BCUT2D eigenvalue weighted by atomic mass is 9.49. The fourth-order valence-electron chi connectivity index (χ4n) is 5.08. The van der Waals surface area contributed by atoms with Gasteiger partial charge >= 0.3 is 6.18 Å². The van der Waals surface area contributed by atoms with E-state index in [1.807, 2.05) is 27.7 Å². The van der Waals surface area contributed by atoms with E-state index < -0.39 is 22.8 Å². The smallest absolute Gasteiger partial charge is 0.453 e. The average Bonchev–Trinajstić information content (AvgIpc) is 3.19. The third-order valence-corrected chi connectivity index (χ3v) is 6.42. The molecule has 7 nitrogen and oxygen atoms in total. The van der Waals surface area contributed by atoms with E-state index in [-0.39, 0.29) is 36.2 Å². The zero-order valence-electron chi connectivity index (χ0n) is 18.7. The highest BCUT2D eigenvalue weighted by molar-refractivity contribution is 5.94. The Morgan fingerprint density at radius 1 is 1.15 bits per heavy atom. The zero-order valence-corrected chi connectivity index (χ0v) is 18.7. The summed E-state index contributed by atoms with van der Waals surface area (Å²) in [4.78, 5) is 12.8. The molecule has 1 N–H and O–H groups in total. The van der Waals surface area contributed by atoms with Crippen molar-refractivity contribution in [2.45, 2.75) is 58.9 Å². The Bertz CT molecular complexity index is 1140. The van der Waals surface area contributed by atoms with Crippen LogP contribution in [0.5, 0.6) is 0 Å². The van der Waals surface area contributed by atoms with Crippen molar-refractivity contribution < 1.29 is 22.7 Å². The molecule has 1 amide bonds. The Morgan fingerprint density at radius 3 is 2.36 bits per heavy atom. The summed E-state index contributed by atoms with van der Waals surface area (Å²) in [5.74, 6) is 1.43. The first kappa shape index (κ1) is 22.8. The minimum atomic E-state index is -4.67. The van der Waals surface area contributed by atoms with Gasteiger partial charge in [0.2, 0.25) is 5.90 Å². The third-order valence-electron chi connectivity index (χ3n) is 6.42. The number of amides is 1. The summed E-state index contributed by atoms with van der Waals surface area (Å²) in [7, 11) is 0. The fourth-order valence-corrected chi connectivity index (χ4v) is 5.08. The van der Waals surface area contributed by atoms with Gasteiger partial charge in [0.05, 0.1) is 0 Å². The largest absolute Gasteiger partial charge is 0.475 e. The van der Waals surface area contributed by atoms with Gasteiger partial charge in [0.1, 0.15) is 6.10 Å². The maximum atomic E-state index is 13.2. The molecule has 1 aromatic heterocycles. The van der Waals surface area contributed by atoms with Crippen molar-refractivity contribution in [2.24, 2.45) is 15.9 Å². The van der Waals surface area contributed by atoms with Crippen LogP contribution in [0, 0.1) is 23.2 Å². The number of hydrogen-bond donors (Lipinski definition) is 1. The van der Waals surface area contributed by atoms with E-state index in [1.54, 1.807) is 24.3 Å². The number of benzene rings is 1. The molecule has 0 atom stereocenters. The summed E-state index contributed by atoms with van der Waals surface area (Å²) >= 11 is 0. The second kappa shape index (κ2) is 7.61. The van der Waals surface area contributed by atoms with Gasteiger partial charge in [-0.15, -0.1) is 21.7 Å². The minimum Gasteiger partial charge on any atom is -0.475 e. The molecule has 1 aliphatic carbocycles. The first-order valence-corrected chi connectivity index (χ1v) is 10.5. The number of ether oxygens (including phenoxy) is 1. The number of fused-ring (bicyclic) bond motifs is 1. The van der Waals surface area contributed by atoms with Crippen molar-refractivity contribution in [3.05, 3.63) is 47.0 Å². The molecule has 4 rings (SSSR count). The molecule has 0 saturated heterocycles. The molecule has 2 aromatic rings. The summed E-state index contributed by atoms with van der Waals surface area (Å²) < 4.78 is 46.4. The van der Waals surface area contributed by atoms with Crippen molar-refractivity contribution >= 4 is 11.8 Å². The molecule has 2 aliphatic rings. The van der Waals surface area contributed by atoms with E-state index in [0.29, 0.717) is 22.2 Å². The van der Waals surface area contributed by atoms with Crippen molar-refractivity contribution in [1.82, 2.24) is 20.2 Å². The maximum Gasteiger partial charge on any atom is 0.453 e. The number of aryl methyl sites for hydroxylation is 1. The molecule has 1 saturated carbocycles. The van der Waals surface area contributed by atoms with Crippen LogP contribution < -0.4 is 5.32 Å². The van der Waals surface area contributed by atoms with Gasteiger partial charge in [-0.25, -0.2) is 0 Å². The number of carbonyl (C=O) groups excluding carboxylic acids is 1. The van der Waals surface area contributed by atoms with E-state index in [4.69, 9.17) is 11.2 Å². The summed E-state index contributed by atoms with van der Waals surface area (Å²) in [5, 5.41) is 13.9. The predicted molar refractivity (Wildman–Crippen MR) is 114 cm³/mol. The molecule has 0 spiro atoms. The Kier molecular flexibility index (Phi) is 5.26. The van der Waals surface area contributed by atoms with Gasteiger partial charge in [0.15, 0.2) is 5.82 Å². The molecule has 10 heteroatoms. The van der Waals surface area contributed by atoms with E-state index in [9.17, 15) is 18.0 Å². The van der Waals surface area contributed by atoms with E-state index >= 15 is 0 Å². The number of terminal acetylenes is 1. The monoisotopic (exact) mass is 459 g/mol. The number of nitrogens with one attached hydrogen (secondary N) is 1. The molecule has 1 fully saturated rings. The van der Waals surface area contributed by atoms with E-state index in [2.05, 4.69) is 26.5 Å². The second-order valence-corrected chi connectivity index (χ2v) is 9.51. The summed E-state index contributed by atoms with van der Waals surface area (Å²) in [6, 6.07) is 6.50. The van der Waals surface area contributed by atoms with Crippen LogP contribution in [-0.2, 0) is 17.3 Å². The molecule has 0 unspecified atom stereocenters. The molecule has 2 heterocycles. The molecular weight excluding hydrogens is 435 g/mol. The van der Waals surface area contributed by atoms with Crippen molar-refractivity contribution in [3.8, 4) is 12.3 Å². The zero-order chi connectivity index (χ0) is 24.2. The van der Waals surface area contributed by atoms with Crippen LogP contribution in [0.1, 0.15) is 61.7 Å². The van der Waals surface area contributed by atoms with Crippen LogP contribution in [0.3, 0.4) is 0 Å². The van der Waals surface area contributed by atoms with Gasteiger partial charge in [-0.05, 0) is 24.3 Å². The number of halogens is 3. The van der Waals surface area contributed by atoms with Crippen LogP contribution in [0.2, 0.25) is 0 Å². The highest BCUT2D eigenvalue weighted by Gasteiger charge is 2.64. The Labute approximate surface area is 189 Å². The molecule has 1 aliphatic heterocycles. The van der Waals surface area contributed by atoms with Crippen LogP contribution in [0.4, 0.5) is 13.2 Å². The molecule has 0 radical (unpaired) electrons. The lowest BCUT2D eigenvalue weighted by Crippen LogP contribution is -2.74. The average molecular weight is 459 g/mol. The van der Waals surface area contributed by atoms with Gasteiger partial charge < -0.3 is 10.1 Å². The minimum absolute atomic E-state index is 0.141. The van der Waals surface area contributed by atoms with Crippen molar-refractivity contribution in [2.75, 3.05) is 0 Å².